The second-order valence-corrected chi connectivity index (χ2v) is 8.57. The van der Waals surface area contributed by atoms with Gasteiger partial charge in [0.1, 0.15) is 17.1 Å². The Labute approximate surface area is 161 Å². The zero-order valence-electron chi connectivity index (χ0n) is 16.0. The molecule has 0 aromatic heterocycles. The van der Waals surface area contributed by atoms with Crippen molar-refractivity contribution in [3.8, 4) is 0 Å². The number of benzene rings is 1. The summed E-state index contributed by atoms with van der Waals surface area (Å²) < 4.78 is 33.8. The van der Waals surface area contributed by atoms with Crippen LogP contribution in [-0.2, 0) is 4.74 Å². The average molecular weight is 434 g/mol. The Morgan fingerprint density at radius 3 is 2.31 bits per heavy atom. The Kier molecular flexibility index (Phi) is 6.17. The van der Waals surface area contributed by atoms with Gasteiger partial charge >= 0.3 is 6.09 Å². The van der Waals surface area contributed by atoms with Crippen molar-refractivity contribution in [2.45, 2.75) is 52.3 Å². The monoisotopic (exact) mass is 433 g/mol. The van der Waals surface area contributed by atoms with Gasteiger partial charge in [-0.3, -0.25) is 10.2 Å². The molecule has 2 rings (SSSR count). The van der Waals surface area contributed by atoms with Gasteiger partial charge in [0.15, 0.2) is 5.82 Å². The van der Waals surface area contributed by atoms with Crippen LogP contribution in [0.2, 0.25) is 0 Å². The van der Waals surface area contributed by atoms with Crippen LogP contribution in [0.3, 0.4) is 0 Å². The molecule has 0 saturated carbocycles. The van der Waals surface area contributed by atoms with E-state index < -0.39 is 23.3 Å². The Bertz CT molecular complexity index is 682. The summed E-state index contributed by atoms with van der Waals surface area (Å²) in [7, 11) is 2.02. The zero-order chi connectivity index (χ0) is 19.8. The number of amides is 1. The first-order valence-corrected chi connectivity index (χ1v) is 9.34. The van der Waals surface area contributed by atoms with Crippen LogP contribution in [0.5, 0.6) is 0 Å². The summed E-state index contributed by atoms with van der Waals surface area (Å²) >= 11 is 2.90. The maximum Gasteiger partial charge on any atom is 0.412 e. The molecule has 1 N–H and O–H groups in total. The Morgan fingerprint density at radius 1 is 1.27 bits per heavy atom. The number of piperazine rings is 1. The molecule has 1 aliphatic heterocycles. The summed E-state index contributed by atoms with van der Waals surface area (Å²) in [6.45, 7) is 10.4. The largest absolute Gasteiger partial charge is 0.444 e. The number of carbonyl (C=O) groups excluding carboxylic acids is 1. The van der Waals surface area contributed by atoms with Crippen LogP contribution in [0.1, 0.15) is 34.6 Å². The molecule has 5 nitrogen and oxygen atoms in total. The predicted molar refractivity (Wildman–Crippen MR) is 103 cm³/mol. The minimum Gasteiger partial charge on any atom is -0.444 e. The Morgan fingerprint density at radius 2 is 1.81 bits per heavy atom. The number of rotatable bonds is 2. The summed E-state index contributed by atoms with van der Waals surface area (Å²) in [6.07, 6.45) is -0.786. The number of hydrogen-bond acceptors (Lipinski definition) is 4. The van der Waals surface area contributed by atoms with Crippen molar-refractivity contribution >= 4 is 33.4 Å². The molecule has 8 heteroatoms. The topological polar surface area (TPSA) is 44.8 Å². The molecule has 0 radical (unpaired) electrons. The molecule has 0 spiro atoms. The van der Waals surface area contributed by atoms with Gasteiger partial charge in [-0.2, -0.15) is 0 Å². The first-order chi connectivity index (χ1) is 11.9. The molecule has 1 heterocycles. The molecular weight excluding hydrogens is 408 g/mol. The number of ether oxygens (including phenoxy) is 1. The molecule has 0 bridgehead atoms. The first kappa shape index (κ1) is 20.9. The number of nitrogens with zero attached hydrogens (tertiary/aromatic N) is 2. The lowest BCUT2D eigenvalue weighted by atomic mass is 10.1. The minimum atomic E-state index is -0.856. The van der Waals surface area contributed by atoms with E-state index in [4.69, 9.17) is 4.74 Å². The highest BCUT2D eigenvalue weighted by Crippen LogP contribution is 2.37. The van der Waals surface area contributed by atoms with Crippen LogP contribution in [0.15, 0.2) is 10.5 Å². The molecule has 1 amide bonds. The number of anilines is 2. The number of hydrogen-bond donors (Lipinski definition) is 1. The molecule has 1 aromatic carbocycles. The van der Waals surface area contributed by atoms with E-state index in [1.807, 2.05) is 11.9 Å². The van der Waals surface area contributed by atoms with Crippen LogP contribution < -0.4 is 10.2 Å². The molecule has 1 aromatic rings. The van der Waals surface area contributed by atoms with E-state index in [0.717, 1.165) is 0 Å². The van der Waals surface area contributed by atoms with E-state index >= 15 is 0 Å². The molecule has 1 fully saturated rings. The molecule has 26 heavy (non-hydrogen) atoms. The highest BCUT2D eigenvalue weighted by molar-refractivity contribution is 9.10. The fourth-order valence-electron chi connectivity index (χ4n) is 2.96. The van der Waals surface area contributed by atoms with E-state index in [2.05, 4.69) is 40.0 Å². The van der Waals surface area contributed by atoms with Crippen LogP contribution in [0.25, 0.3) is 0 Å². The van der Waals surface area contributed by atoms with E-state index in [0.29, 0.717) is 18.8 Å². The van der Waals surface area contributed by atoms with Gasteiger partial charge in [-0.25, -0.2) is 13.6 Å². The van der Waals surface area contributed by atoms with Crippen LogP contribution >= 0.6 is 15.9 Å². The van der Waals surface area contributed by atoms with Crippen LogP contribution in [0, 0.1) is 11.6 Å². The highest BCUT2D eigenvalue weighted by atomic mass is 79.9. The molecule has 1 saturated heterocycles. The fourth-order valence-corrected chi connectivity index (χ4v) is 3.27. The molecule has 0 unspecified atom stereocenters. The average Bonchev–Trinajstić information content (AvgIpc) is 2.50. The standard InChI is InChI=1S/C18H26BrF2N3O2/c1-10-8-24(9-11(2)23(10)6)13-7-12(20)14(19)15(21)16(13)22-17(25)26-18(3,4)5/h7,10-11H,8-9H2,1-6H3,(H,22,25)/t10-,11+. The van der Waals surface area contributed by atoms with Crippen molar-refractivity contribution in [2.75, 3.05) is 30.4 Å². The van der Waals surface area contributed by atoms with Gasteiger partial charge in [0.05, 0.1) is 10.2 Å². The molecular formula is C18H26BrF2N3O2. The number of likely N-dealkylation sites (N-methyl/N-ethyl adjacent to an activating group) is 1. The maximum atomic E-state index is 14.7. The molecule has 1 aliphatic rings. The summed E-state index contributed by atoms with van der Waals surface area (Å²) in [5, 5.41) is 2.45. The lowest BCUT2D eigenvalue weighted by Crippen LogP contribution is -2.55. The van der Waals surface area contributed by atoms with Crippen molar-refractivity contribution in [3.05, 3.63) is 22.2 Å². The third-order valence-corrected chi connectivity index (χ3v) is 5.19. The fraction of sp³-hybridized carbons (Fsp3) is 0.611. The van der Waals surface area contributed by atoms with E-state index in [1.165, 1.54) is 6.07 Å². The lowest BCUT2D eigenvalue weighted by Gasteiger charge is -2.44. The van der Waals surface area contributed by atoms with Gasteiger partial charge < -0.3 is 9.64 Å². The van der Waals surface area contributed by atoms with Gasteiger partial charge in [-0.1, -0.05) is 0 Å². The van der Waals surface area contributed by atoms with Gasteiger partial charge in [-0.15, -0.1) is 0 Å². The van der Waals surface area contributed by atoms with Crippen LogP contribution in [0.4, 0.5) is 25.0 Å². The smallest absolute Gasteiger partial charge is 0.412 e. The third-order valence-electron chi connectivity index (χ3n) is 4.47. The highest BCUT2D eigenvalue weighted by Gasteiger charge is 2.31. The number of halogens is 3. The Hall–Kier alpha value is -1.41. The van der Waals surface area contributed by atoms with E-state index in [9.17, 15) is 13.6 Å². The number of nitrogens with one attached hydrogen (secondary N) is 1. The van der Waals surface area contributed by atoms with Gasteiger partial charge in [-0.05, 0) is 57.6 Å². The third kappa shape index (κ3) is 4.65. The lowest BCUT2D eigenvalue weighted by molar-refractivity contribution is 0.0635. The van der Waals surface area contributed by atoms with Crippen molar-refractivity contribution in [3.63, 3.8) is 0 Å². The SMILES string of the molecule is C[C@@H]1CN(c2cc(F)c(Br)c(F)c2NC(=O)OC(C)(C)C)C[C@H](C)N1C. The van der Waals surface area contributed by atoms with Crippen molar-refractivity contribution in [1.82, 2.24) is 4.90 Å². The summed E-state index contributed by atoms with van der Waals surface area (Å²) in [6, 6.07) is 1.63. The molecule has 2 atom stereocenters. The Balaban J connectivity index is 2.41. The van der Waals surface area contributed by atoms with Crippen molar-refractivity contribution < 1.29 is 18.3 Å². The quantitative estimate of drug-likeness (QED) is 0.691. The second kappa shape index (κ2) is 7.68. The van der Waals surface area contributed by atoms with Crippen molar-refractivity contribution in [2.24, 2.45) is 0 Å². The van der Waals surface area contributed by atoms with Gasteiger partial charge in [0.25, 0.3) is 0 Å². The summed E-state index contributed by atoms with van der Waals surface area (Å²) in [4.78, 5) is 16.3. The summed E-state index contributed by atoms with van der Waals surface area (Å²) in [5.74, 6) is -1.57. The van der Waals surface area contributed by atoms with Gasteiger partial charge in [0, 0.05) is 31.2 Å². The summed E-state index contributed by atoms with van der Waals surface area (Å²) in [5.41, 5.74) is -0.508. The minimum absolute atomic E-state index is 0.0866. The van der Waals surface area contributed by atoms with Crippen molar-refractivity contribution in [1.29, 1.82) is 0 Å². The predicted octanol–water partition coefficient (Wildman–Crippen LogP) is 4.60. The van der Waals surface area contributed by atoms with Crippen LogP contribution in [-0.4, -0.2) is 48.8 Å². The van der Waals surface area contributed by atoms with Gasteiger partial charge in [0.2, 0.25) is 0 Å². The van der Waals surface area contributed by atoms with E-state index in [1.54, 1.807) is 20.8 Å². The molecule has 146 valence electrons. The zero-order valence-corrected chi connectivity index (χ0v) is 17.6. The van der Waals surface area contributed by atoms with E-state index in [-0.39, 0.29) is 22.2 Å². The maximum absolute atomic E-state index is 14.7. The normalized spacial score (nSPS) is 21.7. The second-order valence-electron chi connectivity index (χ2n) is 7.78. The first-order valence-electron chi connectivity index (χ1n) is 8.55. The number of carbonyl (C=O) groups is 1. The molecule has 0 aliphatic carbocycles.